The summed E-state index contributed by atoms with van der Waals surface area (Å²) in [5.74, 6) is 1.98. The van der Waals surface area contributed by atoms with Crippen molar-refractivity contribution in [3.05, 3.63) is 141 Å². The van der Waals surface area contributed by atoms with Gasteiger partial charge in [0.1, 0.15) is 0 Å². The first-order valence-electron chi connectivity index (χ1n) is 17.5. The lowest BCUT2D eigenvalue weighted by Crippen LogP contribution is -2.37. The van der Waals surface area contributed by atoms with Gasteiger partial charge in [0.25, 0.3) is 0 Å². The Morgan fingerprint density at radius 3 is 1.45 bits per heavy atom. The molecule has 0 radical (unpaired) electrons. The molecule has 2 saturated heterocycles. The normalized spacial score (nSPS) is 16.6. The Bertz CT molecular complexity index is 1360. The molecule has 0 amide bonds. The Morgan fingerprint density at radius 2 is 1.02 bits per heavy atom. The molecule has 4 aromatic carbocycles. The molecule has 0 atom stereocenters. The van der Waals surface area contributed by atoms with Gasteiger partial charge in [-0.3, -0.25) is 9.80 Å². The third-order valence-electron chi connectivity index (χ3n) is 9.83. The average Bonchev–Trinajstić information content (AvgIpc) is 3.12. The molecule has 0 spiro atoms. The van der Waals surface area contributed by atoms with Crippen molar-refractivity contribution in [3.8, 4) is 0 Å². The van der Waals surface area contributed by atoms with E-state index in [9.17, 15) is 0 Å². The van der Waals surface area contributed by atoms with Crippen LogP contribution in [0.4, 0.5) is 0 Å². The molecule has 4 aromatic rings. The van der Waals surface area contributed by atoms with Gasteiger partial charge in [-0.1, -0.05) is 108 Å². The van der Waals surface area contributed by atoms with Crippen LogP contribution in [-0.4, -0.2) is 55.6 Å². The van der Waals surface area contributed by atoms with Gasteiger partial charge >= 0.3 is 0 Å². The van der Waals surface area contributed by atoms with E-state index < -0.39 is 0 Å². The van der Waals surface area contributed by atoms with Gasteiger partial charge in [0.05, 0.1) is 0 Å². The fourth-order valence-electron chi connectivity index (χ4n) is 6.87. The third-order valence-corrected chi connectivity index (χ3v) is 10.3. The topological polar surface area (TPSA) is 44.5 Å². The fourth-order valence-corrected chi connectivity index (χ4v) is 7.13. The van der Waals surface area contributed by atoms with Gasteiger partial charge < -0.3 is 11.1 Å². The molecular formula is C41H52Cl2N4. The number of nitrogens with one attached hydrogen (secondary N) is 1. The second-order valence-corrected chi connectivity index (χ2v) is 14.2. The zero-order valence-corrected chi connectivity index (χ0v) is 29.3. The van der Waals surface area contributed by atoms with E-state index in [2.05, 4.69) is 100 Å². The maximum Gasteiger partial charge on any atom is 0.0406 e. The van der Waals surface area contributed by atoms with E-state index in [1.165, 1.54) is 74.1 Å². The van der Waals surface area contributed by atoms with Crippen molar-refractivity contribution >= 4 is 23.2 Å². The molecule has 0 aliphatic carbocycles. The van der Waals surface area contributed by atoms with Gasteiger partial charge in [-0.25, -0.2) is 0 Å². The largest absolute Gasteiger partial charge is 0.330 e. The Kier molecular flexibility index (Phi) is 14.6. The quantitative estimate of drug-likeness (QED) is 0.148. The maximum absolute atomic E-state index is 6.00. The molecule has 0 unspecified atom stereocenters. The molecule has 250 valence electrons. The van der Waals surface area contributed by atoms with Gasteiger partial charge in [-0.15, -0.1) is 0 Å². The minimum atomic E-state index is 0.455. The SMILES string of the molecule is Clc1ccc(CN2CCC(CNCCC(c3ccccc3)c3ccccc3)CC2)cc1.NCC1CCN(Cc2ccc(Cl)cc2)CC1. The molecule has 47 heavy (non-hydrogen) atoms. The van der Waals surface area contributed by atoms with Crippen LogP contribution >= 0.6 is 23.2 Å². The zero-order valence-electron chi connectivity index (χ0n) is 27.8. The van der Waals surface area contributed by atoms with E-state index >= 15 is 0 Å². The summed E-state index contributed by atoms with van der Waals surface area (Å²) in [6.07, 6.45) is 6.17. The predicted molar refractivity (Wildman–Crippen MR) is 200 cm³/mol. The monoisotopic (exact) mass is 670 g/mol. The van der Waals surface area contributed by atoms with Crippen molar-refractivity contribution < 1.29 is 0 Å². The molecule has 2 aliphatic heterocycles. The van der Waals surface area contributed by atoms with Crippen LogP contribution in [0.3, 0.4) is 0 Å². The fraction of sp³-hybridized carbons (Fsp3) is 0.415. The van der Waals surface area contributed by atoms with Crippen LogP contribution in [0.5, 0.6) is 0 Å². The van der Waals surface area contributed by atoms with E-state index in [-0.39, 0.29) is 0 Å². The number of rotatable bonds is 12. The second kappa shape index (κ2) is 19.3. The van der Waals surface area contributed by atoms with E-state index in [0.29, 0.717) is 5.92 Å². The van der Waals surface area contributed by atoms with E-state index in [1.54, 1.807) is 0 Å². The van der Waals surface area contributed by atoms with Crippen molar-refractivity contribution in [3.63, 3.8) is 0 Å². The van der Waals surface area contributed by atoms with Gasteiger partial charge in [0.15, 0.2) is 0 Å². The zero-order chi connectivity index (χ0) is 32.7. The number of halogens is 2. The van der Waals surface area contributed by atoms with Crippen molar-refractivity contribution in [1.82, 2.24) is 15.1 Å². The maximum atomic E-state index is 6.00. The van der Waals surface area contributed by atoms with Gasteiger partial charge in [0.2, 0.25) is 0 Å². The minimum Gasteiger partial charge on any atom is -0.330 e. The minimum absolute atomic E-state index is 0.455. The van der Waals surface area contributed by atoms with Gasteiger partial charge in [0, 0.05) is 29.1 Å². The molecule has 0 bridgehead atoms. The summed E-state index contributed by atoms with van der Waals surface area (Å²) in [6.45, 7) is 9.81. The lowest BCUT2D eigenvalue weighted by atomic mass is 9.88. The first kappa shape index (κ1) is 35.6. The summed E-state index contributed by atoms with van der Waals surface area (Å²) in [7, 11) is 0. The molecule has 2 heterocycles. The molecule has 3 N–H and O–H groups in total. The molecule has 6 rings (SSSR count). The van der Waals surface area contributed by atoms with Crippen LogP contribution < -0.4 is 11.1 Å². The highest BCUT2D eigenvalue weighted by Crippen LogP contribution is 2.28. The first-order chi connectivity index (χ1) is 23.1. The van der Waals surface area contributed by atoms with E-state index in [1.807, 2.05) is 24.3 Å². The Hall–Kier alpha value is -2.70. The Labute approximate surface area is 293 Å². The summed E-state index contributed by atoms with van der Waals surface area (Å²) < 4.78 is 0. The van der Waals surface area contributed by atoms with E-state index in [0.717, 1.165) is 61.0 Å². The van der Waals surface area contributed by atoms with Gasteiger partial charge in [-0.2, -0.15) is 0 Å². The van der Waals surface area contributed by atoms with E-state index in [4.69, 9.17) is 28.9 Å². The standard InChI is InChI=1S/C28H33ClN2.C13H19ClN2/c29-27-13-11-24(12-14-27)22-31-19-16-23(17-20-31)21-30-18-15-28(25-7-3-1-4-8-25)26-9-5-2-6-10-26;14-13-3-1-12(2-4-13)10-16-7-5-11(9-15)6-8-16/h1-14,23,28,30H,15-22H2;1-4,11H,5-10,15H2. The number of hydrogen-bond donors (Lipinski definition) is 2. The summed E-state index contributed by atoms with van der Waals surface area (Å²) in [5.41, 5.74) is 11.2. The van der Waals surface area contributed by atoms with Crippen LogP contribution in [0, 0.1) is 11.8 Å². The van der Waals surface area contributed by atoms with Crippen LogP contribution in [-0.2, 0) is 13.1 Å². The van der Waals surface area contributed by atoms with Crippen molar-refractivity contribution in [2.45, 2.75) is 51.1 Å². The first-order valence-corrected chi connectivity index (χ1v) is 18.3. The number of piperidine rings is 2. The Morgan fingerprint density at radius 1 is 0.596 bits per heavy atom. The van der Waals surface area contributed by atoms with Crippen LogP contribution in [0.2, 0.25) is 10.0 Å². The molecule has 2 aliphatic rings. The highest BCUT2D eigenvalue weighted by atomic mass is 35.5. The average molecular weight is 672 g/mol. The number of nitrogens with two attached hydrogens (primary N) is 1. The lowest BCUT2D eigenvalue weighted by Gasteiger charge is -2.32. The Balaban J connectivity index is 0.000000227. The number of nitrogens with zero attached hydrogens (tertiary/aromatic N) is 2. The summed E-state index contributed by atoms with van der Waals surface area (Å²) in [5, 5.41) is 5.39. The molecule has 6 heteroatoms. The van der Waals surface area contributed by atoms with Crippen LogP contribution in [0.25, 0.3) is 0 Å². The molecule has 0 saturated carbocycles. The van der Waals surface area contributed by atoms with Gasteiger partial charge in [-0.05, 0) is 136 Å². The molecule has 4 nitrogen and oxygen atoms in total. The predicted octanol–water partition coefficient (Wildman–Crippen LogP) is 8.87. The number of benzene rings is 4. The highest BCUT2D eigenvalue weighted by molar-refractivity contribution is 6.30. The van der Waals surface area contributed by atoms with Crippen molar-refractivity contribution in [2.24, 2.45) is 17.6 Å². The molecule has 2 fully saturated rings. The molecule has 0 aromatic heterocycles. The van der Waals surface area contributed by atoms with Crippen molar-refractivity contribution in [2.75, 3.05) is 45.8 Å². The molecular weight excluding hydrogens is 619 g/mol. The smallest absolute Gasteiger partial charge is 0.0406 e. The summed E-state index contributed by atoms with van der Waals surface area (Å²) >= 11 is 11.9. The number of hydrogen-bond acceptors (Lipinski definition) is 4. The number of likely N-dealkylation sites (tertiary alicyclic amines) is 2. The summed E-state index contributed by atoms with van der Waals surface area (Å²) in [4.78, 5) is 5.07. The summed E-state index contributed by atoms with van der Waals surface area (Å²) in [6, 6.07) is 38.2. The second-order valence-electron chi connectivity index (χ2n) is 13.3. The van der Waals surface area contributed by atoms with Crippen LogP contribution in [0.1, 0.15) is 60.3 Å². The third kappa shape index (κ3) is 12.0. The van der Waals surface area contributed by atoms with Crippen molar-refractivity contribution in [1.29, 1.82) is 0 Å². The highest BCUT2D eigenvalue weighted by Gasteiger charge is 2.20. The lowest BCUT2D eigenvalue weighted by molar-refractivity contribution is 0.175. The van der Waals surface area contributed by atoms with Crippen LogP contribution in [0.15, 0.2) is 109 Å².